The zero-order valence-electron chi connectivity index (χ0n) is 16.6. The molecule has 0 bridgehead atoms. The molecular formula is C23H23ClN2O4. The van der Waals surface area contributed by atoms with E-state index in [9.17, 15) is 14.4 Å². The summed E-state index contributed by atoms with van der Waals surface area (Å²) in [5, 5.41) is 0.518. The number of anilines is 1. The minimum atomic E-state index is -0.852. The Morgan fingerprint density at radius 1 is 1.17 bits per heavy atom. The van der Waals surface area contributed by atoms with E-state index in [1.165, 1.54) is 23.2 Å². The van der Waals surface area contributed by atoms with Gasteiger partial charge in [0.05, 0.1) is 18.4 Å². The number of hydrogen-bond acceptors (Lipinski definition) is 4. The first-order valence-corrected chi connectivity index (χ1v) is 10.6. The van der Waals surface area contributed by atoms with Crippen LogP contribution in [0.5, 0.6) is 0 Å². The number of rotatable bonds is 6. The number of benzene rings is 1. The monoisotopic (exact) mass is 426 g/mol. The number of hydrogen-bond donors (Lipinski definition) is 0. The van der Waals surface area contributed by atoms with Crippen molar-refractivity contribution in [2.45, 2.75) is 44.6 Å². The Morgan fingerprint density at radius 3 is 2.63 bits per heavy atom. The number of halogens is 1. The largest absolute Gasteiger partial charge is 0.459 e. The fourth-order valence-electron chi connectivity index (χ4n) is 4.06. The molecule has 6 nitrogen and oxygen atoms in total. The van der Waals surface area contributed by atoms with Gasteiger partial charge in [-0.25, -0.2) is 4.90 Å². The molecule has 1 aromatic heterocycles. The van der Waals surface area contributed by atoms with Crippen molar-refractivity contribution in [1.29, 1.82) is 0 Å². The van der Waals surface area contributed by atoms with Crippen LogP contribution in [-0.4, -0.2) is 35.2 Å². The summed E-state index contributed by atoms with van der Waals surface area (Å²) in [5.41, 5.74) is 1.75. The summed E-state index contributed by atoms with van der Waals surface area (Å²) in [7, 11) is 0. The molecule has 2 aromatic rings. The number of furan rings is 1. The molecule has 7 heteroatoms. The van der Waals surface area contributed by atoms with E-state index in [1.807, 2.05) is 0 Å². The first kappa shape index (κ1) is 20.4. The standard InChI is InChI=1S/C23H23ClN2O4/c24-17-8-10-18(11-9-17)26-21(27)15-19(22(26)28)25(23(29)20-7-4-14-30-20)13-12-16-5-2-1-3-6-16/h4-5,7-11,14,19H,1-3,6,12-13,15H2. The smallest absolute Gasteiger partial charge is 0.290 e. The van der Waals surface area contributed by atoms with E-state index in [0.29, 0.717) is 23.7 Å². The van der Waals surface area contributed by atoms with Crippen molar-refractivity contribution in [3.05, 3.63) is 65.1 Å². The van der Waals surface area contributed by atoms with Crippen molar-refractivity contribution < 1.29 is 18.8 Å². The van der Waals surface area contributed by atoms with Gasteiger partial charge in [-0.15, -0.1) is 0 Å². The highest BCUT2D eigenvalue weighted by Crippen LogP contribution is 2.29. The molecule has 0 saturated carbocycles. The third kappa shape index (κ3) is 4.19. The molecule has 3 amide bonds. The van der Waals surface area contributed by atoms with Gasteiger partial charge < -0.3 is 9.32 Å². The number of allylic oxidation sites excluding steroid dienone is 1. The Bertz CT molecular complexity index is 966. The van der Waals surface area contributed by atoms with Gasteiger partial charge in [-0.2, -0.15) is 0 Å². The number of imide groups is 1. The van der Waals surface area contributed by atoms with Crippen molar-refractivity contribution in [3.8, 4) is 0 Å². The molecule has 1 atom stereocenters. The molecule has 156 valence electrons. The molecule has 0 spiro atoms. The predicted octanol–water partition coefficient (Wildman–Crippen LogP) is 4.60. The van der Waals surface area contributed by atoms with E-state index in [2.05, 4.69) is 6.08 Å². The third-order valence-electron chi connectivity index (χ3n) is 5.64. The molecule has 1 aliphatic carbocycles. The maximum absolute atomic E-state index is 13.2. The van der Waals surface area contributed by atoms with Crippen molar-refractivity contribution in [2.75, 3.05) is 11.4 Å². The average Bonchev–Trinajstić information content (AvgIpc) is 3.39. The molecule has 0 N–H and O–H groups in total. The Labute approximate surface area is 180 Å². The second-order valence-electron chi connectivity index (χ2n) is 7.60. The van der Waals surface area contributed by atoms with Crippen molar-refractivity contribution in [1.82, 2.24) is 4.90 Å². The quantitative estimate of drug-likeness (QED) is 0.500. The molecule has 0 radical (unpaired) electrons. The molecule has 1 fully saturated rings. The van der Waals surface area contributed by atoms with E-state index in [0.717, 1.165) is 24.2 Å². The maximum atomic E-state index is 13.2. The lowest BCUT2D eigenvalue weighted by atomic mass is 9.97. The van der Waals surface area contributed by atoms with E-state index in [4.69, 9.17) is 16.0 Å². The van der Waals surface area contributed by atoms with Crippen LogP contribution in [0.4, 0.5) is 5.69 Å². The molecule has 1 saturated heterocycles. The van der Waals surface area contributed by atoms with Gasteiger partial charge in [-0.05, 0) is 68.5 Å². The molecule has 1 aromatic carbocycles. The first-order valence-electron chi connectivity index (χ1n) is 10.2. The minimum Gasteiger partial charge on any atom is -0.459 e. The summed E-state index contributed by atoms with van der Waals surface area (Å²) in [4.78, 5) is 41.7. The van der Waals surface area contributed by atoms with Gasteiger partial charge >= 0.3 is 0 Å². The molecule has 1 unspecified atom stereocenters. The topological polar surface area (TPSA) is 70.8 Å². The van der Waals surface area contributed by atoms with E-state index < -0.39 is 11.9 Å². The van der Waals surface area contributed by atoms with Crippen molar-refractivity contribution in [2.24, 2.45) is 0 Å². The van der Waals surface area contributed by atoms with Crippen molar-refractivity contribution >= 4 is 35.0 Å². The molecule has 1 aliphatic heterocycles. The van der Waals surface area contributed by atoms with Crippen LogP contribution in [0.1, 0.15) is 49.1 Å². The molecule has 4 rings (SSSR count). The summed E-state index contributed by atoms with van der Waals surface area (Å²) >= 11 is 5.93. The third-order valence-corrected chi connectivity index (χ3v) is 5.89. The molecular weight excluding hydrogens is 404 g/mol. The lowest BCUT2D eigenvalue weighted by molar-refractivity contribution is -0.122. The van der Waals surface area contributed by atoms with Gasteiger partial charge in [0.15, 0.2) is 5.76 Å². The van der Waals surface area contributed by atoms with Crippen LogP contribution in [0.25, 0.3) is 0 Å². The summed E-state index contributed by atoms with van der Waals surface area (Å²) < 4.78 is 5.28. The van der Waals surface area contributed by atoms with Crippen LogP contribution in [0.2, 0.25) is 5.02 Å². The van der Waals surface area contributed by atoms with Crippen LogP contribution >= 0.6 is 11.6 Å². The van der Waals surface area contributed by atoms with Crippen molar-refractivity contribution in [3.63, 3.8) is 0 Å². The van der Waals surface area contributed by atoms with Gasteiger partial charge in [0.2, 0.25) is 5.91 Å². The zero-order chi connectivity index (χ0) is 21.1. The van der Waals surface area contributed by atoms with Gasteiger partial charge in [-0.3, -0.25) is 14.4 Å². The highest BCUT2D eigenvalue weighted by molar-refractivity contribution is 6.31. The SMILES string of the molecule is O=C1CC(N(CCC2=CCCCC2)C(=O)c2ccco2)C(=O)N1c1ccc(Cl)cc1. The Kier molecular flexibility index (Phi) is 6.04. The molecule has 2 heterocycles. The second-order valence-corrected chi connectivity index (χ2v) is 8.03. The lowest BCUT2D eigenvalue weighted by Gasteiger charge is -2.27. The van der Waals surface area contributed by atoms with Crippen LogP contribution in [0.3, 0.4) is 0 Å². The fraction of sp³-hybridized carbons (Fsp3) is 0.348. The van der Waals surface area contributed by atoms with Gasteiger partial charge in [0.1, 0.15) is 6.04 Å². The zero-order valence-corrected chi connectivity index (χ0v) is 17.3. The van der Waals surface area contributed by atoms with Crippen LogP contribution < -0.4 is 4.90 Å². The van der Waals surface area contributed by atoms with Gasteiger partial charge in [0, 0.05) is 11.6 Å². The summed E-state index contributed by atoms with van der Waals surface area (Å²) in [6.45, 7) is 0.365. The predicted molar refractivity (Wildman–Crippen MR) is 113 cm³/mol. The Morgan fingerprint density at radius 2 is 1.97 bits per heavy atom. The van der Waals surface area contributed by atoms with Crippen LogP contribution in [0.15, 0.2) is 58.7 Å². The highest BCUT2D eigenvalue weighted by atomic mass is 35.5. The van der Waals surface area contributed by atoms with Crippen LogP contribution in [-0.2, 0) is 9.59 Å². The number of carbonyl (C=O) groups excluding carboxylic acids is 3. The average molecular weight is 427 g/mol. The van der Waals surface area contributed by atoms with E-state index in [-0.39, 0.29) is 24.0 Å². The second kappa shape index (κ2) is 8.88. The number of carbonyl (C=O) groups is 3. The summed E-state index contributed by atoms with van der Waals surface area (Å²) in [5.74, 6) is -0.945. The first-order chi connectivity index (χ1) is 14.5. The lowest BCUT2D eigenvalue weighted by Crippen LogP contribution is -2.46. The maximum Gasteiger partial charge on any atom is 0.290 e. The normalized spacial score (nSPS) is 19.2. The molecule has 2 aliphatic rings. The van der Waals surface area contributed by atoms with Crippen LogP contribution in [0, 0.1) is 0 Å². The Hall–Kier alpha value is -2.86. The van der Waals surface area contributed by atoms with Gasteiger partial charge in [-0.1, -0.05) is 23.3 Å². The fourth-order valence-corrected chi connectivity index (χ4v) is 4.18. The Balaban J connectivity index is 1.58. The van der Waals surface area contributed by atoms with Gasteiger partial charge in [0.25, 0.3) is 11.8 Å². The summed E-state index contributed by atoms with van der Waals surface area (Å²) in [6.07, 6.45) is 8.67. The van der Waals surface area contributed by atoms with E-state index in [1.54, 1.807) is 36.4 Å². The van der Waals surface area contributed by atoms with E-state index >= 15 is 0 Å². The minimum absolute atomic E-state index is 0.0487. The highest BCUT2D eigenvalue weighted by Gasteiger charge is 2.44. The molecule has 30 heavy (non-hydrogen) atoms. The number of nitrogens with zero attached hydrogens (tertiary/aromatic N) is 2. The number of amides is 3. The summed E-state index contributed by atoms with van der Waals surface area (Å²) in [6, 6.07) is 8.88.